The van der Waals surface area contributed by atoms with E-state index < -0.39 is 30.4 Å². The Morgan fingerprint density at radius 1 is 1.23 bits per heavy atom. The topological polar surface area (TPSA) is 93.5 Å². The van der Waals surface area contributed by atoms with E-state index in [1.54, 1.807) is 18.2 Å². The first-order valence-corrected chi connectivity index (χ1v) is 9.64. The molecule has 0 fully saturated rings. The molecule has 31 heavy (non-hydrogen) atoms. The normalized spacial score (nSPS) is 13.0. The fourth-order valence-electron chi connectivity index (χ4n) is 3.55. The Hall–Kier alpha value is -3.30. The molecule has 1 atom stereocenters. The first-order valence-electron chi connectivity index (χ1n) is 9.64. The lowest BCUT2D eigenvalue weighted by atomic mass is 10.0. The highest BCUT2D eigenvalue weighted by Crippen LogP contribution is 2.28. The molecule has 166 valence electrons. The van der Waals surface area contributed by atoms with Gasteiger partial charge in [-0.15, -0.1) is 0 Å². The Morgan fingerprint density at radius 3 is 2.61 bits per heavy atom. The Kier molecular flexibility index (Phi) is 6.37. The number of alkyl halides is 3. The molecule has 7 nitrogen and oxygen atoms in total. The van der Waals surface area contributed by atoms with Gasteiger partial charge in [-0.1, -0.05) is 13.8 Å². The van der Waals surface area contributed by atoms with Crippen LogP contribution in [0.4, 0.5) is 18.0 Å². The number of carboxylic acid groups (broad SMARTS) is 1. The predicted octanol–water partition coefficient (Wildman–Crippen LogP) is 4.17. The number of hydrogen-bond donors (Lipinski definition) is 2. The number of carbonyl (C=O) groups is 1. The molecule has 1 amide bonds. The first kappa shape index (κ1) is 22.4. The summed E-state index contributed by atoms with van der Waals surface area (Å²) in [7, 11) is 0. The van der Waals surface area contributed by atoms with Crippen molar-refractivity contribution >= 4 is 27.8 Å². The van der Waals surface area contributed by atoms with Crippen molar-refractivity contribution in [1.29, 1.82) is 0 Å². The van der Waals surface area contributed by atoms with Crippen LogP contribution in [0.15, 0.2) is 41.5 Å². The number of pyridine rings is 2. The number of nitrogens with one attached hydrogen (secondary N) is 1. The molecule has 10 heteroatoms. The zero-order chi connectivity index (χ0) is 22.8. The van der Waals surface area contributed by atoms with Gasteiger partial charge < -0.3 is 15.2 Å². The van der Waals surface area contributed by atoms with Crippen LogP contribution < -0.4 is 15.6 Å². The van der Waals surface area contributed by atoms with Gasteiger partial charge in [0.05, 0.1) is 16.9 Å². The minimum absolute atomic E-state index is 0.00299. The molecule has 1 aromatic carbocycles. The van der Waals surface area contributed by atoms with Crippen LogP contribution in [0.1, 0.15) is 20.3 Å². The quantitative estimate of drug-likeness (QED) is 0.541. The van der Waals surface area contributed by atoms with Crippen molar-refractivity contribution in [3.05, 3.63) is 47.0 Å². The second-order valence-electron chi connectivity index (χ2n) is 7.69. The van der Waals surface area contributed by atoms with Gasteiger partial charge in [0.25, 0.3) is 5.56 Å². The van der Waals surface area contributed by atoms with Crippen LogP contribution >= 0.6 is 0 Å². The van der Waals surface area contributed by atoms with Gasteiger partial charge in [-0.25, -0.2) is 4.79 Å². The summed E-state index contributed by atoms with van der Waals surface area (Å²) in [4.78, 5) is 27.6. The molecule has 2 heterocycles. The SMILES string of the molecule is CC(C)CC(COc1ccc2c3ccncc3c(=O)n(CC(F)(F)F)c2c1)NC(=O)O. The molecule has 0 spiro atoms. The van der Waals surface area contributed by atoms with Crippen molar-refractivity contribution in [2.45, 2.75) is 39.0 Å². The molecule has 0 saturated carbocycles. The molecule has 0 bridgehead atoms. The summed E-state index contributed by atoms with van der Waals surface area (Å²) >= 11 is 0. The fraction of sp³-hybridized carbons (Fsp3) is 0.381. The van der Waals surface area contributed by atoms with Crippen molar-refractivity contribution in [2.24, 2.45) is 5.92 Å². The van der Waals surface area contributed by atoms with Gasteiger partial charge in [0.15, 0.2) is 0 Å². The number of amides is 1. The molecule has 2 N–H and O–H groups in total. The second-order valence-corrected chi connectivity index (χ2v) is 7.69. The standard InChI is InChI=1S/C21H22F3N3O4/c1-12(2)7-13(26-20(29)30)10-31-14-3-4-16-15-5-6-25-9-17(15)19(28)27(18(16)8-14)11-21(22,23)24/h3-6,8-9,12-13,26H,7,10-11H2,1-2H3,(H,29,30). The number of nitrogens with zero attached hydrogens (tertiary/aromatic N) is 2. The summed E-state index contributed by atoms with van der Waals surface area (Å²) in [5.41, 5.74) is -0.722. The monoisotopic (exact) mass is 437 g/mol. The lowest BCUT2D eigenvalue weighted by molar-refractivity contribution is -0.140. The zero-order valence-electron chi connectivity index (χ0n) is 16.9. The summed E-state index contributed by atoms with van der Waals surface area (Å²) in [5, 5.41) is 12.4. The number of hydrogen-bond acceptors (Lipinski definition) is 4. The molecular formula is C21H22F3N3O4. The van der Waals surface area contributed by atoms with E-state index in [2.05, 4.69) is 10.3 Å². The summed E-state index contributed by atoms with van der Waals surface area (Å²) in [6.07, 6.45) is -2.55. The lowest BCUT2D eigenvalue weighted by Crippen LogP contribution is -2.39. The molecule has 3 rings (SSSR count). The number of halogens is 3. The van der Waals surface area contributed by atoms with Crippen LogP contribution in [0, 0.1) is 5.92 Å². The second kappa shape index (κ2) is 8.83. The van der Waals surface area contributed by atoms with Crippen molar-refractivity contribution in [3.8, 4) is 5.75 Å². The number of benzene rings is 1. The average molecular weight is 437 g/mol. The minimum atomic E-state index is -4.60. The molecule has 0 saturated heterocycles. The molecule has 0 aliphatic heterocycles. The van der Waals surface area contributed by atoms with Gasteiger partial charge in [0.1, 0.15) is 18.9 Å². The minimum Gasteiger partial charge on any atom is -0.491 e. The van der Waals surface area contributed by atoms with E-state index in [9.17, 15) is 22.8 Å². The van der Waals surface area contributed by atoms with Crippen molar-refractivity contribution in [3.63, 3.8) is 0 Å². The third-order valence-corrected chi connectivity index (χ3v) is 4.72. The summed E-state index contributed by atoms with van der Waals surface area (Å²) in [5.74, 6) is 0.436. The Morgan fingerprint density at radius 2 is 1.97 bits per heavy atom. The molecule has 0 radical (unpaired) electrons. The van der Waals surface area contributed by atoms with Crippen molar-refractivity contribution in [1.82, 2.24) is 14.9 Å². The van der Waals surface area contributed by atoms with Crippen LogP contribution in [0.3, 0.4) is 0 Å². The van der Waals surface area contributed by atoms with Gasteiger partial charge >= 0.3 is 12.3 Å². The largest absolute Gasteiger partial charge is 0.491 e. The van der Waals surface area contributed by atoms with Gasteiger partial charge in [-0.2, -0.15) is 13.2 Å². The van der Waals surface area contributed by atoms with E-state index in [1.165, 1.54) is 18.5 Å². The maximum absolute atomic E-state index is 13.2. The molecule has 0 aliphatic carbocycles. The Balaban J connectivity index is 2.03. The highest BCUT2D eigenvalue weighted by atomic mass is 19.4. The van der Waals surface area contributed by atoms with Crippen molar-refractivity contribution < 1.29 is 27.8 Å². The van der Waals surface area contributed by atoms with Crippen molar-refractivity contribution in [2.75, 3.05) is 6.61 Å². The molecular weight excluding hydrogens is 415 g/mol. The van der Waals surface area contributed by atoms with Gasteiger partial charge in [0, 0.05) is 23.8 Å². The van der Waals surface area contributed by atoms with E-state index in [1.807, 2.05) is 13.8 Å². The van der Waals surface area contributed by atoms with Crippen LogP contribution in [-0.4, -0.2) is 39.6 Å². The number of aromatic nitrogens is 2. The van der Waals surface area contributed by atoms with Crippen LogP contribution in [-0.2, 0) is 6.54 Å². The molecule has 2 aromatic heterocycles. The highest BCUT2D eigenvalue weighted by molar-refractivity contribution is 6.05. The number of rotatable bonds is 7. The predicted molar refractivity (Wildman–Crippen MR) is 109 cm³/mol. The maximum atomic E-state index is 13.2. The first-order chi connectivity index (χ1) is 14.5. The molecule has 1 unspecified atom stereocenters. The molecule has 3 aromatic rings. The van der Waals surface area contributed by atoms with E-state index >= 15 is 0 Å². The van der Waals surface area contributed by atoms with Gasteiger partial charge in [-0.3, -0.25) is 14.3 Å². The van der Waals surface area contributed by atoms with E-state index in [4.69, 9.17) is 9.84 Å². The van der Waals surface area contributed by atoms with Crippen LogP contribution in [0.25, 0.3) is 21.7 Å². The summed E-state index contributed by atoms with van der Waals surface area (Å²) in [6, 6.07) is 5.62. The van der Waals surface area contributed by atoms with Crippen LogP contribution in [0.2, 0.25) is 0 Å². The number of fused-ring (bicyclic) bond motifs is 3. The summed E-state index contributed by atoms with van der Waals surface area (Å²) in [6.45, 7) is 2.41. The van der Waals surface area contributed by atoms with Gasteiger partial charge in [-0.05, 0) is 35.9 Å². The van der Waals surface area contributed by atoms with E-state index in [0.29, 0.717) is 21.8 Å². The van der Waals surface area contributed by atoms with E-state index in [0.717, 1.165) is 0 Å². The molecule has 0 aliphatic rings. The third-order valence-electron chi connectivity index (χ3n) is 4.72. The zero-order valence-corrected chi connectivity index (χ0v) is 16.9. The van der Waals surface area contributed by atoms with E-state index in [-0.39, 0.29) is 29.2 Å². The maximum Gasteiger partial charge on any atom is 0.406 e. The van der Waals surface area contributed by atoms with Gasteiger partial charge in [0.2, 0.25) is 0 Å². The fourth-order valence-corrected chi connectivity index (χ4v) is 3.55. The smallest absolute Gasteiger partial charge is 0.406 e. The summed E-state index contributed by atoms with van der Waals surface area (Å²) < 4.78 is 45.9. The Labute approximate surface area is 175 Å². The average Bonchev–Trinajstić information content (AvgIpc) is 2.67. The third kappa shape index (κ3) is 5.44. The Bertz CT molecular complexity index is 1160. The highest BCUT2D eigenvalue weighted by Gasteiger charge is 2.30. The van der Waals surface area contributed by atoms with Crippen LogP contribution in [0.5, 0.6) is 5.75 Å². The number of ether oxygens (including phenoxy) is 1. The lowest BCUT2D eigenvalue weighted by Gasteiger charge is -2.20.